The molecule has 4 N–H and O–H groups in total. The predicted molar refractivity (Wildman–Crippen MR) is 96.0 cm³/mol. The Morgan fingerprint density at radius 2 is 2.16 bits per heavy atom. The molecule has 132 valence electrons. The topological polar surface area (TPSA) is 108 Å². The summed E-state index contributed by atoms with van der Waals surface area (Å²) in [5.41, 5.74) is 3.57. The number of methoxy groups -OCH3 is 1. The third-order valence-electron chi connectivity index (χ3n) is 3.90. The van der Waals surface area contributed by atoms with Crippen molar-refractivity contribution in [3.63, 3.8) is 0 Å². The van der Waals surface area contributed by atoms with Crippen molar-refractivity contribution in [2.75, 3.05) is 19.0 Å². The molecule has 0 aromatic carbocycles. The van der Waals surface area contributed by atoms with Gasteiger partial charge in [-0.15, -0.1) is 0 Å². The number of pyridine rings is 2. The van der Waals surface area contributed by atoms with Gasteiger partial charge in [0, 0.05) is 48.8 Å². The molecular formula is C17H22N6O2. The highest BCUT2D eigenvalue weighted by molar-refractivity contribution is 5.93. The number of hydrogen-bond donors (Lipinski definition) is 4. The molecule has 0 amide bonds. The van der Waals surface area contributed by atoms with E-state index in [2.05, 4.69) is 30.8 Å². The van der Waals surface area contributed by atoms with Crippen molar-refractivity contribution in [2.45, 2.75) is 26.3 Å². The van der Waals surface area contributed by atoms with Crippen molar-refractivity contribution in [2.24, 2.45) is 0 Å². The van der Waals surface area contributed by atoms with E-state index in [0.717, 1.165) is 27.9 Å². The number of aryl methyl sites for hydroxylation is 1. The van der Waals surface area contributed by atoms with Crippen LogP contribution in [0, 0.1) is 6.92 Å². The van der Waals surface area contributed by atoms with Crippen LogP contribution in [-0.4, -0.2) is 51.4 Å². The van der Waals surface area contributed by atoms with Crippen LogP contribution >= 0.6 is 0 Å². The van der Waals surface area contributed by atoms with Crippen LogP contribution in [0.3, 0.4) is 0 Å². The zero-order chi connectivity index (χ0) is 17.8. The van der Waals surface area contributed by atoms with Crippen molar-refractivity contribution in [1.82, 2.24) is 25.5 Å². The fourth-order valence-corrected chi connectivity index (χ4v) is 2.46. The number of hydrogen-bond acceptors (Lipinski definition) is 7. The number of nitrogens with one attached hydrogen (secondary N) is 3. The summed E-state index contributed by atoms with van der Waals surface area (Å²) >= 11 is 0. The van der Waals surface area contributed by atoms with Gasteiger partial charge in [-0.25, -0.2) is 4.98 Å². The summed E-state index contributed by atoms with van der Waals surface area (Å²) < 4.78 is 5.13. The molecule has 0 bridgehead atoms. The Kier molecular flexibility index (Phi) is 5.22. The number of nitrogens with zero attached hydrogens (tertiary/aromatic N) is 3. The van der Waals surface area contributed by atoms with E-state index in [9.17, 15) is 5.11 Å². The Labute approximate surface area is 145 Å². The second-order valence-electron chi connectivity index (χ2n) is 5.87. The van der Waals surface area contributed by atoms with E-state index in [-0.39, 0.29) is 6.10 Å². The van der Waals surface area contributed by atoms with Gasteiger partial charge in [0.15, 0.2) is 6.35 Å². The average molecular weight is 342 g/mol. The van der Waals surface area contributed by atoms with Gasteiger partial charge in [-0.2, -0.15) is 5.10 Å². The van der Waals surface area contributed by atoms with Gasteiger partial charge in [0.25, 0.3) is 0 Å². The van der Waals surface area contributed by atoms with Crippen LogP contribution in [0.2, 0.25) is 0 Å². The molecule has 0 saturated carbocycles. The maximum absolute atomic E-state index is 9.98. The maximum Gasteiger partial charge on any atom is 0.182 e. The number of anilines is 1. The van der Waals surface area contributed by atoms with Gasteiger partial charge < -0.3 is 15.2 Å². The number of aliphatic hydroxyl groups excluding tert-OH is 1. The first-order valence-corrected chi connectivity index (χ1v) is 8.04. The number of H-pyrrole nitrogens is 1. The number of ether oxygens (including phenoxy) is 1. The van der Waals surface area contributed by atoms with E-state index in [0.29, 0.717) is 12.4 Å². The van der Waals surface area contributed by atoms with E-state index < -0.39 is 6.35 Å². The summed E-state index contributed by atoms with van der Waals surface area (Å²) in [6.45, 7) is 4.37. The molecule has 3 rings (SSSR count). The molecule has 8 nitrogen and oxygen atoms in total. The van der Waals surface area contributed by atoms with Gasteiger partial charge in [0.1, 0.15) is 11.5 Å². The quantitative estimate of drug-likeness (QED) is 0.483. The molecule has 0 spiro atoms. The van der Waals surface area contributed by atoms with Crippen LogP contribution in [0.15, 0.2) is 30.6 Å². The first kappa shape index (κ1) is 17.3. The van der Waals surface area contributed by atoms with Crippen LogP contribution in [0.1, 0.15) is 12.6 Å². The number of rotatable bonds is 7. The minimum atomic E-state index is -0.923. The Balaban J connectivity index is 1.76. The van der Waals surface area contributed by atoms with Crippen molar-refractivity contribution in [1.29, 1.82) is 0 Å². The van der Waals surface area contributed by atoms with E-state index in [1.165, 1.54) is 0 Å². The highest BCUT2D eigenvalue weighted by Gasteiger charge is 2.11. The summed E-state index contributed by atoms with van der Waals surface area (Å²) in [7, 11) is 1.63. The molecule has 0 saturated heterocycles. The number of aromatic nitrogens is 4. The molecule has 0 aliphatic rings. The fraction of sp³-hybridized carbons (Fsp3) is 0.353. The molecule has 2 unspecified atom stereocenters. The zero-order valence-corrected chi connectivity index (χ0v) is 14.4. The van der Waals surface area contributed by atoms with E-state index in [1.807, 2.05) is 32.0 Å². The van der Waals surface area contributed by atoms with Crippen molar-refractivity contribution in [3.8, 4) is 11.3 Å². The Morgan fingerprint density at radius 1 is 1.32 bits per heavy atom. The molecule has 0 radical (unpaired) electrons. The van der Waals surface area contributed by atoms with Gasteiger partial charge >= 0.3 is 0 Å². The molecule has 25 heavy (non-hydrogen) atoms. The van der Waals surface area contributed by atoms with Gasteiger partial charge in [-0.05, 0) is 26.0 Å². The normalized spacial score (nSPS) is 13.8. The predicted octanol–water partition coefficient (Wildman–Crippen LogP) is 1.64. The van der Waals surface area contributed by atoms with Gasteiger partial charge in [-0.1, -0.05) is 0 Å². The molecular weight excluding hydrogens is 320 g/mol. The van der Waals surface area contributed by atoms with Crippen LogP contribution in [0.25, 0.3) is 22.2 Å². The molecule has 8 heteroatoms. The Bertz CT molecular complexity index is 850. The lowest BCUT2D eigenvalue weighted by Gasteiger charge is -2.17. The number of aliphatic hydroxyl groups is 1. The maximum atomic E-state index is 9.98. The van der Waals surface area contributed by atoms with Crippen molar-refractivity contribution in [3.05, 3.63) is 36.3 Å². The molecule has 2 atom stereocenters. The van der Waals surface area contributed by atoms with E-state index in [4.69, 9.17) is 4.74 Å². The molecule has 3 aromatic rings. The SMILES string of the molecule is COC(C)CNC(O)Nc1cc2[nH]nc(-c3ccnc(C)c3)c2cn1. The standard InChI is InChI=1S/C17H22N6O2/c1-10-6-12(4-5-18-10)16-13-9-19-15(7-14(13)22-23-16)21-17(24)20-8-11(2)25-3/h4-7,9,11,17,20,24H,8H2,1-3H3,(H,19,21)(H,22,23). The molecule has 0 aliphatic carbocycles. The number of aromatic amines is 1. The first-order chi connectivity index (χ1) is 12.1. The fourth-order valence-electron chi connectivity index (χ4n) is 2.46. The third kappa shape index (κ3) is 4.11. The average Bonchev–Trinajstić information content (AvgIpc) is 3.03. The second kappa shape index (κ2) is 7.56. The summed E-state index contributed by atoms with van der Waals surface area (Å²) in [6, 6.07) is 5.70. The summed E-state index contributed by atoms with van der Waals surface area (Å²) in [6.07, 6.45) is 2.58. The number of fused-ring (bicyclic) bond motifs is 1. The Morgan fingerprint density at radius 3 is 2.92 bits per heavy atom. The lowest BCUT2D eigenvalue weighted by atomic mass is 10.1. The third-order valence-corrected chi connectivity index (χ3v) is 3.90. The van der Waals surface area contributed by atoms with Crippen LogP contribution < -0.4 is 10.6 Å². The molecule has 3 aromatic heterocycles. The first-order valence-electron chi connectivity index (χ1n) is 8.04. The highest BCUT2D eigenvalue weighted by Crippen LogP contribution is 2.26. The van der Waals surface area contributed by atoms with E-state index in [1.54, 1.807) is 19.5 Å². The van der Waals surface area contributed by atoms with E-state index >= 15 is 0 Å². The summed E-state index contributed by atoms with van der Waals surface area (Å²) in [4.78, 5) is 8.56. The van der Waals surface area contributed by atoms with Gasteiger partial charge in [0.05, 0.1) is 11.6 Å². The van der Waals surface area contributed by atoms with Crippen LogP contribution in [0.4, 0.5) is 5.82 Å². The van der Waals surface area contributed by atoms with Gasteiger partial charge in [-0.3, -0.25) is 15.4 Å². The van der Waals surface area contributed by atoms with Crippen LogP contribution in [-0.2, 0) is 4.74 Å². The van der Waals surface area contributed by atoms with Crippen molar-refractivity contribution < 1.29 is 9.84 Å². The largest absolute Gasteiger partial charge is 0.380 e. The smallest absolute Gasteiger partial charge is 0.182 e. The molecule has 0 fully saturated rings. The zero-order valence-electron chi connectivity index (χ0n) is 14.4. The Hall–Kier alpha value is -2.55. The minimum Gasteiger partial charge on any atom is -0.380 e. The highest BCUT2D eigenvalue weighted by atomic mass is 16.5. The second-order valence-corrected chi connectivity index (χ2v) is 5.87. The molecule has 3 heterocycles. The minimum absolute atomic E-state index is 0.00544. The monoisotopic (exact) mass is 342 g/mol. The summed E-state index contributed by atoms with van der Waals surface area (Å²) in [5.74, 6) is 0.540. The summed E-state index contributed by atoms with van der Waals surface area (Å²) in [5, 5.41) is 24.1. The van der Waals surface area contributed by atoms with Crippen LogP contribution in [0.5, 0.6) is 0 Å². The lowest BCUT2D eigenvalue weighted by Crippen LogP contribution is -2.40. The molecule has 0 aliphatic heterocycles. The van der Waals surface area contributed by atoms with Crippen molar-refractivity contribution >= 4 is 16.7 Å². The van der Waals surface area contributed by atoms with Gasteiger partial charge in [0.2, 0.25) is 0 Å². The lowest BCUT2D eigenvalue weighted by molar-refractivity contribution is 0.0904.